The Kier molecular flexibility index (Phi) is 4.53. The maximum absolute atomic E-state index is 7.23. The molecule has 2 aromatic rings. The minimum Gasteiger partial charge on any atom is -0.238 e. The van der Waals surface area contributed by atoms with Crippen molar-refractivity contribution < 1.29 is 0 Å². The van der Waals surface area contributed by atoms with E-state index in [-0.39, 0.29) is 0 Å². The Morgan fingerprint density at radius 1 is 1.05 bits per heavy atom. The topological polar surface area (TPSA) is 4.36 Å². The van der Waals surface area contributed by atoms with E-state index in [0.29, 0.717) is 5.69 Å². The van der Waals surface area contributed by atoms with Crippen molar-refractivity contribution in [2.75, 3.05) is 0 Å². The van der Waals surface area contributed by atoms with E-state index in [1.807, 2.05) is 30.3 Å². The third kappa shape index (κ3) is 3.33. The van der Waals surface area contributed by atoms with Gasteiger partial charge in [-0.15, -0.1) is 0 Å². The highest BCUT2D eigenvalue weighted by atomic mass is 14.6. The summed E-state index contributed by atoms with van der Waals surface area (Å²) in [7, 11) is 0. The van der Waals surface area contributed by atoms with Gasteiger partial charge in [0.15, 0.2) is 5.69 Å². The van der Waals surface area contributed by atoms with E-state index in [1.165, 1.54) is 11.1 Å². The molecule has 19 heavy (non-hydrogen) atoms. The van der Waals surface area contributed by atoms with Crippen LogP contribution in [0.4, 0.5) is 5.69 Å². The number of nitrogens with zero attached hydrogens (tertiary/aromatic N) is 1. The number of para-hydroxylation sites is 1. The van der Waals surface area contributed by atoms with Crippen molar-refractivity contribution in [1.82, 2.24) is 0 Å². The zero-order valence-electron chi connectivity index (χ0n) is 11.1. The number of benzene rings is 2. The van der Waals surface area contributed by atoms with E-state index in [4.69, 9.17) is 6.57 Å². The standard InChI is InChI=1S/C18H17N/c1-3-9-16(15-10-5-4-6-11-15)14-17-12-7-8-13-18(17)19-2/h4-8,10-14H,3,9H2,1H3/b16-14+. The fourth-order valence-electron chi connectivity index (χ4n) is 2.12. The van der Waals surface area contributed by atoms with Gasteiger partial charge in [0.2, 0.25) is 0 Å². The summed E-state index contributed by atoms with van der Waals surface area (Å²) in [5.74, 6) is 0. The van der Waals surface area contributed by atoms with Crippen LogP contribution in [0, 0.1) is 6.57 Å². The molecule has 94 valence electrons. The molecule has 0 saturated heterocycles. The predicted molar refractivity (Wildman–Crippen MR) is 81.9 cm³/mol. The van der Waals surface area contributed by atoms with Crippen molar-refractivity contribution in [3.8, 4) is 0 Å². The SMILES string of the molecule is [C-]#[N+]c1ccccc1/C=C(\CCC)c1ccccc1. The minimum absolute atomic E-state index is 0.715. The molecule has 0 radical (unpaired) electrons. The smallest absolute Gasteiger partial charge is 0.194 e. The Morgan fingerprint density at radius 3 is 2.42 bits per heavy atom. The lowest BCUT2D eigenvalue weighted by molar-refractivity contribution is 0.976. The van der Waals surface area contributed by atoms with E-state index < -0.39 is 0 Å². The Morgan fingerprint density at radius 2 is 1.74 bits per heavy atom. The van der Waals surface area contributed by atoms with Crippen molar-refractivity contribution in [2.45, 2.75) is 19.8 Å². The van der Waals surface area contributed by atoms with Gasteiger partial charge in [0.05, 0.1) is 6.57 Å². The second-order valence-corrected chi connectivity index (χ2v) is 4.46. The van der Waals surface area contributed by atoms with Gasteiger partial charge in [-0.2, -0.15) is 0 Å². The summed E-state index contributed by atoms with van der Waals surface area (Å²) in [6, 6.07) is 18.2. The first kappa shape index (κ1) is 13.1. The lowest BCUT2D eigenvalue weighted by atomic mass is 9.98. The van der Waals surface area contributed by atoms with Gasteiger partial charge in [-0.3, -0.25) is 0 Å². The van der Waals surface area contributed by atoms with Crippen molar-refractivity contribution in [2.24, 2.45) is 0 Å². The van der Waals surface area contributed by atoms with Crippen LogP contribution in [0.1, 0.15) is 30.9 Å². The summed E-state index contributed by atoms with van der Waals surface area (Å²) in [5.41, 5.74) is 4.25. The maximum Gasteiger partial charge on any atom is 0.194 e. The van der Waals surface area contributed by atoms with Crippen LogP contribution in [0.5, 0.6) is 0 Å². The molecule has 1 heteroatoms. The molecule has 2 aromatic carbocycles. The first-order valence-electron chi connectivity index (χ1n) is 6.57. The molecule has 0 aliphatic rings. The van der Waals surface area contributed by atoms with Crippen LogP contribution in [0.2, 0.25) is 0 Å². The van der Waals surface area contributed by atoms with Gasteiger partial charge >= 0.3 is 0 Å². The van der Waals surface area contributed by atoms with E-state index in [0.717, 1.165) is 18.4 Å². The van der Waals surface area contributed by atoms with Gasteiger partial charge in [0.1, 0.15) is 0 Å². The van der Waals surface area contributed by atoms with Gasteiger partial charge in [0, 0.05) is 0 Å². The fourth-order valence-corrected chi connectivity index (χ4v) is 2.12. The van der Waals surface area contributed by atoms with Gasteiger partial charge in [-0.25, -0.2) is 4.85 Å². The average molecular weight is 247 g/mol. The van der Waals surface area contributed by atoms with E-state index in [1.54, 1.807) is 0 Å². The molecule has 0 heterocycles. The molecule has 0 spiro atoms. The second kappa shape index (κ2) is 6.56. The van der Waals surface area contributed by atoms with Gasteiger partial charge in [-0.05, 0) is 23.1 Å². The van der Waals surface area contributed by atoms with Crippen LogP contribution < -0.4 is 0 Å². The van der Waals surface area contributed by atoms with Gasteiger partial charge in [-0.1, -0.05) is 74.0 Å². The Hall–Kier alpha value is -2.33. The largest absolute Gasteiger partial charge is 0.238 e. The molecule has 0 fully saturated rings. The van der Waals surface area contributed by atoms with Crippen LogP contribution in [-0.2, 0) is 0 Å². The summed E-state index contributed by atoms with van der Waals surface area (Å²) in [5, 5.41) is 0. The molecule has 0 aromatic heterocycles. The number of rotatable bonds is 4. The van der Waals surface area contributed by atoms with Crippen LogP contribution >= 0.6 is 0 Å². The van der Waals surface area contributed by atoms with Crippen LogP contribution in [0.3, 0.4) is 0 Å². The monoisotopic (exact) mass is 247 g/mol. The average Bonchev–Trinajstić information content (AvgIpc) is 2.48. The van der Waals surface area contributed by atoms with Crippen molar-refractivity contribution in [3.63, 3.8) is 0 Å². The minimum atomic E-state index is 0.715. The maximum atomic E-state index is 7.23. The van der Waals surface area contributed by atoms with Crippen LogP contribution in [0.25, 0.3) is 16.5 Å². The Labute approximate surface area is 115 Å². The molecule has 0 atom stereocenters. The highest BCUT2D eigenvalue weighted by molar-refractivity contribution is 5.85. The molecular weight excluding hydrogens is 230 g/mol. The van der Waals surface area contributed by atoms with Crippen molar-refractivity contribution in [1.29, 1.82) is 0 Å². The fraction of sp³-hybridized carbons (Fsp3) is 0.167. The summed E-state index contributed by atoms with van der Waals surface area (Å²) < 4.78 is 0. The molecule has 0 aliphatic carbocycles. The van der Waals surface area contributed by atoms with E-state index in [9.17, 15) is 0 Å². The summed E-state index contributed by atoms with van der Waals surface area (Å²) in [6.07, 6.45) is 4.27. The van der Waals surface area contributed by atoms with Gasteiger partial charge < -0.3 is 0 Å². The molecule has 2 rings (SSSR count). The summed E-state index contributed by atoms with van der Waals surface area (Å²) in [4.78, 5) is 3.58. The lowest BCUT2D eigenvalue weighted by Gasteiger charge is -2.07. The number of hydrogen-bond donors (Lipinski definition) is 0. The van der Waals surface area contributed by atoms with Crippen LogP contribution in [0.15, 0.2) is 54.6 Å². The number of allylic oxidation sites excluding steroid dienone is 1. The predicted octanol–water partition coefficient (Wildman–Crippen LogP) is 5.58. The van der Waals surface area contributed by atoms with Crippen molar-refractivity contribution in [3.05, 3.63) is 77.1 Å². The van der Waals surface area contributed by atoms with Gasteiger partial charge in [0.25, 0.3) is 0 Å². The third-order valence-electron chi connectivity index (χ3n) is 3.05. The Bertz CT molecular complexity index is 603. The molecular formula is C18H17N. The molecule has 0 unspecified atom stereocenters. The highest BCUT2D eigenvalue weighted by Crippen LogP contribution is 2.27. The van der Waals surface area contributed by atoms with E-state index in [2.05, 4.69) is 42.1 Å². The van der Waals surface area contributed by atoms with E-state index >= 15 is 0 Å². The van der Waals surface area contributed by atoms with Crippen molar-refractivity contribution >= 4 is 17.3 Å². The zero-order chi connectivity index (χ0) is 13.5. The molecule has 0 bridgehead atoms. The molecule has 0 amide bonds. The summed E-state index contributed by atoms with van der Waals surface area (Å²) in [6.45, 7) is 9.41. The molecule has 0 N–H and O–H groups in total. The molecule has 0 aliphatic heterocycles. The third-order valence-corrected chi connectivity index (χ3v) is 3.05. The lowest BCUT2D eigenvalue weighted by Crippen LogP contribution is -1.84. The number of hydrogen-bond acceptors (Lipinski definition) is 0. The first-order chi connectivity index (χ1) is 9.35. The summed E-state index contributed by atoms with van der Waals surface area (Å²) >= 11 is 0. The highest BCUT2D eigenvalue weighted by Gasteiger charge is 2.03. The quantitative estimate of drug-likeness (QED) is 0.491. The second-order valence-electron chi connectivity index (χ2n) is 4.46. The normalized spacial score (nSPS) is 11.1. The zero-order valence-corrected chi connectivity index (χ0v) is 11.1. The first-order valence-corrected chi connectivity index (χ1v) is 6.57. The molecule has 0 saturated carbocycles. The van der Waals surface area contributed by atoms with Crippen LogP contribution in [-0.4, -0.2) is 0 Å². The molecule has 1 nitrogen and oxygen atoms in total. The Balaban J connectivity index is 2.45.